The van der Waals surface area contributed by atoms with Crippen molar-refractivity contribution >= 4 is 41.6 Å². The van der Waals surface area contributed by atoms with Crippen LogP contribution in [0.25, 0.3) is 0 Å². The average Bonchev–Trinajstić information content (AvgIpc) is 3.60. The summed E-state index contributed by atoms with van der Waals surface area (Å²) >= 11 is 0. The molecule has 5 aliphatic rings. The first-order chi connectivity index (χ1) is 40.8. The van der Waals surface area contributed by atoms with Crippen molar-refractivity contribution < 1.29 is 82.1 Å². The van der Waals surface area contributed by atoms with E-state index in [4.69, 9.17) is 4.55 Å². The Morgan fingerprint density at radius 2 is 0.632 bits per heavy atom. The van der Waals surface area contributed by atoms with Crippen molar-refractivity contribution in [2.45, 2.75) is 193 Å². The van der Waals surface area contributed by atoms with E-state index in [0.717, 1.165) is 28.4 Å². The Labute approximate surface area is 538 Å². The Hall–Kier alpha value is -2.42. The van der Waals surface area contributed by atoms with E-state index in [1.807, 2.05) is 157 Å². The third-order valence-corrected chi connectivity index (χ3v) is 12.3. The van der Waals surface area contributed by atoms with Gasteiger partial charge in [-0.15, -0.1) is 0 Å². The van der Waals surface area contributed by atoms with Gasteiger partial charge >= 0.3 is 10.4 Å². The van der Waals surface area contributed by atoms with E-state index in [1.165, 1.54) is 171 Å². The van der Waals surface area contributed by atoms with E-state index >= 15 is 0 Å². The molecule has 2 aromatic heterocycles. The van der Waals surface area contributed by atoms with Crippen LogP contribution in [0.3, 0.4) is 0 Å². The second-order valence-electron chi connectivity index (χ2n) is 18.3. The molecule has 87 heavy (non-hydrogen) atoms. The second-order valence-corrected chi connectivity index (χ2v) is 22.9. The zero-order chi connectivity index (χ0) is 70.7. The molecule has 23 nitrogen and oxygen atoms in total. The molecule has 7 heterocycles. The molecule has 2 N–H and O–H groups in total. The molecule has 0 unspecified atom stereocenters. The molecule has 0 aliphatic carbocycles. The van der Waals surface area contributed by atoms with Crippen LogP contribution >= 0.6 is 0 Å². The molecular formula is C60H137N7O16S4. The highest BCUT2D eigenvalue weighted by Gasteiger charge is 2.18. The summed E-state index contributed by atoms with van der Waals surface area (Å²) in [5, 5.41) is 3.28. The number of hydrogen-bond acceptors (Lipinski definition) is 19. The molecule has 5 aliphatic heterocycles. The normalized spacial score (nSPS) is 15.8. The lowest BCUT2D eigenvalue weighted by Gasteiger charge is -2.33. The average molecular weight is 1340 g/mol. The van der Waals surface area contributed by atoms with Crippen LogP contribution in [0.5, 0.6) is 0 Å². The second kappa shape index (κ2) is 81.6. The maximum Gasteiger partial charge on any atom is 0.397 e. The summed E-state index contributed by atoms with van der Waals surface area (Å²) in [5.41, 5.74) is 0. The molecule has 7 rings (SSSR count). The number of quaternary nitrogens is 2. The summed E-state index contributed by atoms with van der Waals surface area (Å²) in [6.07, 6.45) is 28.9. The van der Waals surface area contributed by atoms with Gasteiger partial charge < -0.3 is 37.7 Å². The predicted octanol–water partition coefficient (Wildman–Crippen LogP) is 10.9. The third-order valence-electron chi connectivity index (χ3n) is 10.7. The number of aryl methyl sites for hydroxylation is 1. The van der Waals surface area contributed by atoms with Gasteiger partial charge in [0.25, 0.3) is 0 Å². The summed E-state index contributed by atoms with van der Waals surface area (Å²) in [6, 6.07) is 11.7. The van der Waals surface area contributed by atoms with Gasteiger partial charge in [0, 0.05) is 24.5 Å². The van der Waals surface area contributed by atoms with Gasteiger partial charge in [-0.1, -0.05) is 128 Å². The monoisotopic (exact) mass is 1340 g/mol. The van der Waals surface area contributed by atoms with Crippen molar-refractivity contribution in [2.24, 2.45) is 7.05 Å². The van der Waals surface area contributed by atoms with E-state index in [-0.39, 0.29) is 0 Å². The minimum Gasteiger partial charge on any atom is -0.726 e. The zero-order valence-corrected chi connectivity index (χ0v) is 63.1. The fourth-order valence-electron chi connectivity index (χ4n) is 6.44. The van der Waals surface area contributed by atoms with Crippen molar-refractivity contribution in [1.29, 1.82) is 0 Å². The van der Waals surface area contributed by atoms with Crippen LogP contribution in [0, 0.1) is 0 Å². The summed E-state index contributed by atoms with van der Waals surface area (Å²) in [6.45, 7) is 41.3. The maximum absolute atomic E-state index is 9.33. The first-order valence-corrected chi connectivity index (χ1v) is 36.7. The number of nitrogens with zero attached hydrogens (tertiary/aromatic N) is 6. The van der Waals surface area contributed by atoms with Crippen molar-refractivity contribution in [3.8, 4) is 0 Å². The summed E-state index contributed by atoms with van der Waals surface area (Å²) in [4.78, 5) is 8.57. The molecule has 0 spiro atoms. The Bertz CT molecular complexity index is 1750. The Morgan fingerprint density at radius 1 is 0.414 bits per heavy atom. The fourth-order valence-corrected chi connectivity index (χ4v) is 6.44. The number of rotatable bonds is 4. The molecule has 532 valence electrons. The lowest BCUT2D eigenvalue weighted by atomic mass is 10.1. The maximum atomic E-state index is 9.33. The molecule has 0 saturated carbocycles. The number of likely N-dealkylation sites (tertiary alicyclic amines) is 4. The minimum absolute atomic E-state index is 0.808. The Balaban J connectivity index is -0.0000000796. The predicted molar refractivity (Wildman–Crippen MR) is 361 cm³/mol. The van der Waals surface area contributed by atoms with E-state index in [9.17, 15) is 47.3 Å². The number of pyridine rings is 2. The highest BCUT2D eigenvalue weighted by atomic mass is 32.3. The molecule has 0 amide bonds. The topological polar surface area (TPSA) is 298 Å². The number of aromatic nitrogens is 2. The van der Waals surface area contributed by atoms with Crippen LogP contribution in [-0.4, -0.2) is 212 Å². The summed E-state index contributed by atoms with van der Waals surface area (Å²) < 4.78 is 127. The third kappa shape index (κ3) is 129. The molecule has 5 fully saturated rings. The van der Waals surface area contributed by atoms with Crippen LogP contribution in [0.1, 0.15) is 193 Å². The van der Waals surface area contributed by atoms with Crippen LogP contribution < -0.4 is 9.88 Å². The molecule has 0 radical (unpaired) electrons. The lowest BCUT2D eigenvalue weighted by Crippen LogP contribution is -2.43. The van der Waals surface area contributed by atoms with Crippen LogP contribution in [0.2, 0.25) is 0 Å². The summed E-state index contributed by atoms with van der Waals surface area (Å²) in [5.74, 6) is 0. The smallest absolute Gasteiger partial charge is 0.397 e. The SMILES string of the molecule is C1CCNCC1.CC.CC.CC.CC.CC.CC.CC.CN1CCCCC1.CN1CCCCC1.COS(=O)(=O)O.COS(=O)(=O)[O-].COS(=O)(=O)[O-].COS(=O)(=O)[O-].C[N+]1(C)CCCCC1.C[N+]1(C)CCCCC1.C[n+]1ccccc1.c1ccncc1. The van der Waals surface area contributed by atoms with Crippen LogP contribution in [-0.2, 0) is 65.4 Å². The molecule has 0 atom stereocenters. The molecule has 27 heteroatoms. The Morgan fingerprint density at radius 3 is 0.724 bits per heavy atom. The molecular weight excluding hydrogens is 1200 g/mol. The van der Waals surface area contributed by atoms with Gasteiger partial charge in [-0.2, -0.15) is 8.42 Å². The molecule has 2 aromatic rings. The number of nitrogens with one attached hydrogen (secondary N) is 1. The van der Waals surface area contributed by atoms with Gasteiger partial charge in [0.05, 0.1) is 82.8 Å². The van der Waals surface area contributed by atoms with E-state index in [1.54, 1.807) is 12.4 Å². The first-order valence-electron chi connectivity index (χ1n) is 31.4. The number of hydrogen-bond donors (Lipinski definition) is 2. The fraction of sp³-hybridized carbons (Fsp3) is 0.833. The molecule has 0 bridgehead atoms. The van der Waals surface area contributed by atoms with E-state index in [0.29, 0.717) is 0 Å². The van der Waals surface area contributed by atoms with Gasteiger partial charge in [-0.3, -0.25) is 26.3 Å². The van der Waals surface area contributed by atoms with Gasteiger partial charge in [0.2, 0.25) is 31.2 Å². The van der Waals surface area contributed by atoms with Crippen LogP contribution in [0.4, 0.5) is 0 Å². The highest BCUT2D eigenvalue weighted by molar-refractivity contribution is 7.81. The molecule has 5 saturated heterocycles. The minimum atomic E-state index is -4.41. The zero-order valence-electron chi connectivity index (χ0n) is 59.8. The largest absolute Gasteiger partial charge is 0.726 e. The van der Waals surface area contributed by atoms with Gasteiger partial charge in [0.15, 0.2) is 12.4 Å². The lowest BCUT2D eigenvalue weighted by molar-refractivity contribution is -0.894. The van der Waals surface area contributed by atoms with Crippen molar-refractivity contribution in [3.63, 3.8) is 0 Å². The van der Waals surface area contributed by atoms with E-state index in [2.05, 4.69) is 79.1 Å². The van der Waals surface area contributed by atoms with Gasteiger partial charge in [0.1, 0.15) is 7.05 Å². The van der Waals surface area contributed by atoms with Gasteiger partial charge in [-0.05, 0) is 143 Å². The van der Waals surface area contributed by atoms with E-state index < -0.39 is 41.6 Å². The van der Waals surface area contributed by atoms with Crippen molar-refractivity contribution in [2.75, 3.05) is 136 Å². The first kappa shape index (κ1) is 109. The summed E-state index contributed by atoms with van der Waals surface area (Å²) in [7, 11) is 1.56. The van der Waals surface area contributed by atoms with Crippen molar-refractivity contribution in [3.05, 3.63) is 61.2 Å². The van der Waals surface area contributed by atoms with Crippen molar-refractivity contribution in [1.82, 2.24) is 20.1 Å². The standard InChI is InChI=1S/2C7H16N.2C6H13N.C6H8N.C5H11N.C5H5N.7C2H6.4CH4O4S/c2*1-8(2)6-4-3-5-7-8;3*1-7-5-3-2-4-6-7;2*1-2-4-6-5-3-1;7*1-2;4*1-5-6(2,3)4/h2*3-7H2,1-2H3;2*2-6H2,1H3;2-6H,1H3;6H,1-5H2;1-5H;7*1-2H3;4*1H3,(H,2,3,4)/q2*+1;;;+1;;;;;;;;;;;;;/p-3. The Kier molecular flexibility index (Phi) is 102. The quantitative estimate of drug-likeness (QED) is 0.124. The van der Waals surface area contributed by atoms with Crippen LogP contribution in [0.15, 0.2) is 61.2 Å². The number of piperidine rings is 5. The van der Waals surface area contributed by atoms with Gasteiger partial charge in [-0.25, -0.2) is 29.8 Å². The highest BCUT2D eigenvalue weighted by Crippen LogP contribution is 2.13. The molecule has 0 aromatic carbocycles.